The summed E-state index contributed by atoms with van der Waals surface area (Å²) in [6, 6.07) is 13.1. The molecular formula is C20H21ClN4O3S. The van der Waals surface area contributed by atoms with Gasteiger partial charge in [0.1, 0.15) is 12.4 Å². The highest BCUT2D eigenvalue weighted by atomic mass is 35.5. The van der Waals surface area contributed by atoms with Gasteiger partial charge in [0.05, 0.1) is 25.0 Å². The van der Waals surface area contributed by atoms with Crippen molar-refractivity contribution in [1.82, 2.24) is 14.9 Å². The average molecular weight is 433 g/mol. The van der Waals surface area contributed by atoms with Crippen molar-refractivity contribution in [3.05, 3.63) is 58.9 Å². The minimum atomic E-state index is 0.238. The van der Waals surface area contributed by atoms with Crippen molar-refractivity contribution in [2.75, 3.05) is 20.0 Å². The number of halogens is 1. The highest BCUT2D eigenvalue weighted by molar-refractivity contribution is 7.98. The number of aromatic nitrogens is 3. The highest BCUT2D eigenvalue weighted by Crippen LogP contribution is 2.36. The van der Waals surface area contributed by atoms with Crippen molar-refractivity contribution in [3.8, 4) is 17.2 Å². The first kappa shape index (κ1) is 21.0. The zero-order valence-electron chi connectivity index (χ0n) is 16.3. The van der Waals surface area contributed by atoms with E-state index >= 15 is 0 Å². The lowest BCUT2D eigenvalue weighted by molar-refractivity contribution is 0.290. The van der Waals surface area contributed by atoms with Crippen molar-refractivity contribution in [1.29, 1.82) is 0 Å². The van der Waals surface area contributed by atoms with Crippen LogP contribution in [-0.4, -0.2) is 41.1 Å². The maximum atomic E-state index is 6.34. The van der Waals surface area contributed by atoms with Crippen molar-refractivity contribution in [3.63, 3.8) is 0 Å². The zero-order chi connectivity index (χ0) is 20.6. The van der Waals surface area contributed by atoms with Gasteiger partial charge < -0.3 is 14.2 Å². The first-order chi connectivity index (χ1) is 14.2. The smallest absolute Gasteiger partial charge is 0.211 e. The first-order valence-electron chi connectivity index (χ1n) is 8.87. The van der Waals surface area contributed by atoms with Crippen LogP contribution in [0.2, 0.25) is 5.02 Å². The Labute approximate surface area is 178 Å². The van der Waals surface area contributed by atoms with Crippen molar-refractivity contribution >= 4 is 29.6 Å². The summed E-state index contributed by atoms with van der Waals surface area (Å²) >= 11 is 7.78. The van der Waals surface area contributed by atoms with Crippen LogP contribution in [0.15, 0.2) is 52.7 Å². The third-order valence-corrected chi connectivity index (χ3v) is 4.73. The van der Waals surface area contributed by atoms with E-state index in [1.807, 2.05) is 49.6 Å². The van der Waals surface area contributed by atoms with E-state index in [-0.39, 0.29) is 6.61 Å². The van der Waals surface area contributed by atoms with Gasteiger partial charge in [-0.1, -0.05) is 41.6 Å². The predicted octanol–water partition coefficient (Wildman–Crippen LogP) is 4.52. The Morgan fingerprint density at radius 2 is 1.97 bits per heavy atom. The molecular weight excluding hydrogens is 412 g/mol. The lowest BCUT2D eigenvalue weighted by Crippen LogP contribution is -2.05. The predicted molar refractivity (Wildman–Crippen MR) is 115 cm³/mol. The normalized spacial score (nSPS) is 11.0. The maximum Gasteiger partial charge on any atom is 0.211 e. The molecule has 29 heavy (non-hydrogen) atoms. The number of hydrogen-bond acceptors (Lipinski definition) is 7. The van der Waals surface area contributed by atoms with Crippen LogP contribution in [0.5, 0.6) is 17.2 Å². The van der Waals surface area contributed by atoms with Gasteiger partial charge >= 0.3 is 0 Å². The summed E-state index contributed by atoms with van der Waals surface area (Å²) in [5.74, 6) is 2.39. The Morgan fingerprint density at radius 3 is 2.66 bits per heavy atom. The zero-order valence-corrected chi connectivity index (χ0v) is 17.9. The fraction of sp³-hybridized carbons (Fsp3) is 0.250. The summed E-state index contributed by atoms with van der Waals surface area (Å²) in [4.78, 5) is 0. The lowest BCUT2D eigenvalue weighted by Gasteiger charge is -2.11. The van der Waals surface area contributed by atoms with E-state index in [2.05, 4.69) is 15.3 Å². The van der Waals surface area contributed by atoms with Gasteiger partial charge in [0.15, 0.2) is 17.3 Å². The van der Waals surface area contributed by atoms with Crippen LogP contribution in [0.1, 0.15) is 18.3 Å². The topological polar surface area (TPSA) is 70.8 Å². The van der Waals surface area contributed by atoms with Crippen LogP contribution in [0.3, 0.4) is 0 Å². The molecule has 0 saturated carbocycles. The molecule has 7 nitrogen and oxygen atoms in total. The van der Waals surface area contributed by atoms with Crippen molar-refractivity contribution in [2.45, 2.75) is 18.7 Å². The Kier molecular flexibility index (Phi) is 7.37. The molecule has 0 aliphatic carbocycles. The van der Waals surface area contributed by atoms with Crippen LogP contribution in [0, 0.1) is 0 Å². The molecule has 1 heterocycles. The molecule has 3 aromatic rings. The second-order valence-electron chi connectivity index (χ2n) is 5.73. The summed E-state index contributed by atoms with van der Waals surface area (Å²) in [6.45, 7) is 2.62. The lowest BCUT2D eigenvalue weighted by atomic mass is 10.2. The van der Waals surface area contributed by atoms with Gasteiger partial charge in [-0.15, -0.1) is 10.2 Å². The summed E-state index contributed by atoms with van der Waals surface area (Å²) < 4.78 is 18.4. The second-order valence-corrected chi connectivity index (χ2v) is 6.91. The number of hydrogen-bond donors (Lipinski definition) is 0. The van der Waals surface area contributed by atoms with Crippen LogP contribution < -0.4 is 14.2 Å². The fourth-order valence-corrected chi connectivity index (χ4v) is 3.24. The summed E-state index contributed by atoms with van der Waals surface area (Å²) in [7, 11) is 1.57. The number of ether oxygens (including phenoxy) is 3. The van der Waals surface area contributed by atoms with Gasteiger partial charge in [-0.25, -0.2) is 0 Å². The van der Waals surface area contributed by atoms with E-state index < -0.39 is 0 Å². The quantitative estimate of drug-likeness (QED) is 0.365. The average Bonchev–Trinajstić information content (AvgIpc) is 3.15. The van der Waals surface area contributed by atoms with E-state index in [9.17, 15) is 0 Å². The molecule has 0 amide bonds. The second kappa shape index (κ2) is 10.2. The number of rotatable bonds is 9. The van der Waals surface area contributed by atoms with Gasteiger partial charge in [0.25, 0.3) is 0 Å². The summed E-state index contributed by atoms with van der Waals surface area (Å²) in [5, 5.41) is 14.0. The first-order valence-corrected chi connectivity index (χ1v) is 10.5. The van der Waals surface area contributed by atoms with E-state index in [4.69, 9.17) is 25.8 Å². The molecule has 152 valence electrons. The number of thioether (sulfide) groups is 1. The molecule has 0 atom stereocenters. The molecule has 0 aliphatic heterocycles. The number of benzene rings is 2. The number of nitrogens with zero attached hydrogens (tertiary/aromatic N) is 4. The third kappa shape index (κ3) is 5.21. The molecule has 9 heteroatoms. The standard InChI is InChI=1S/C20H21ClN4O3S/c1-4-27-19-16(21)10-14(11-17(19)26-2)12-22-25-18(23-24-20(25)29-3)13-28-15-8-6-5-7-9-15/h5-12H,4,13H2,1-3H3/b22-12-. The molecule has 2 aromatic carbocycles. The van der Waals surface area contributed by atoms with Gasteiger partial charge in [0, 0.05) is 0 Å². The third-order valence-electron chi connectivity index (χ3n) is 3.83. The molecule has 0 N–H and O–H groups in total. The molecule has 0 spiro atoms. The summed E-state index contributed by atoms with van der Waals surface area (Å²) in [6.07, 6.45) is 3.58. The van der Waals surface area contributed by atoms with Gasteiger partial charge in [-0.05, 0) is 43.0 Å². The van der Waals surface area contributed by atoms with Crippen molar-refractivity contribution < 1.29 is 14.2 Å². The Balaban J connectivity index is 1.84. The van der Waals surface area contributed by atoms with Crippen LogP contribution >= 0.6 is 23.4 Å². The van der Waals surface area contributed by atoms with Crippen LogP contribution in [0.25, 0.3) is 0 Å². The SMILES string of the molecule is CCOc1c(Cl)cc(/C=N\n2c(COc3ccccc3)nnc2SC)cc1OC. The molecule has 0 bridgehead atoms. The Bertz CT molecular complexity index is 979. The molecule has 3 rings (SSSR count). The molecule has 0 unspecified atom stereocenters. The maximum absolute atomic E-state index is 6.34. The minimum absolute atomic E-state index is 0.238. The molecule has 0 fully saturated rings. The highest BCUT2D eigenvalue weighted by Gasteiger charge is 2.13. The largest absolute Gasteiger partial charge is 0.493 e. The number of methoxy groups -OCH3 is 1. The van der Waals surface area contributed by atoms with Crippen LogP contribution in [-0.2, 0) is 6.61 Å². The molecule has 0 saturated heterocycles. The van der Waals surface area contributed by atoms with E-state index in [0.717, 1.165) is 11.3 Å². The Hall–Kier alpha value is -2.71. The van der Waals surface area contributed by atoms with Gasteiger partial charge in [-0.2, -0.15) is 9.78 Å². The molecule has 0 aliphatic rings. The van der Waals surface area contributed by atoms with E-state index in [1.54, 1.807) is 24.1 Å². The monoisotopic (exact) mass is 432 g/mol. The number of para-hydroxylation sites is 1. The van der Waals surface area contributed by atoms with E-state index in [1.165, 1.54) is 11.8 Å². The summed E-state index contributed by atoms with van der Waals surface area (Å²) in [5.41, 5.74) is 0.756. The van der Waals surface area contributed by atoms with Gasteiger partial charge in [-0.3, -0.25) is 0 Å². The molecule has 1 aromatic heterocycles. The minimum Gasteiger partial charge on any atom is -0.493 e. The molecule has 0 radical (unpaired) electrons. The fourth-order valence-electron chi connectivity index (χ4n) is 2.52. The van der Waals surface area contributed by atoms with Crippen molar-refractivity contribution in [2.24, 2.45) is 5.10 Å². The van der Waals surface area contributed by atoms with Gasteiger partial charge in [0.2, 0.25) is 5.16 Å². The Morgan fingerprint density at radius 1 is 1.17 bits per heavy atom. The van der Waals surface area contributed by atoms with E-state index in [0.29, 0.717) is 34.1 Å². The van der Waals surface area contributed by atoms with Crippen LogP contribution in [0.4, 0.5) is 0 Å².